The van der Waals surface area contributed by atoms with E-state index in [0.29, 0.717) is 5.76 Å². The fourth-order valence-electron chi connectivity index (χ4n) is 1.69. The number of fused-ring (bicyclic) bond motifs is 1. The molecule has 0 spiro atoms. The number of rotatable bonds is 3. The molecule has 1 N–H and O–H groups in total. The number of aromatic nitrogens is 2. The zero-order valence-electron chi connectivity index (χ0n) is 9.90. The van der Waals surface area contributed by atoms with Crippen LogP contribution in [0.3, 0.4) is 0 Å². The minimum Gasteiger partial charge on any atom is -0.465 e. The van der Waals surface area contributed by atoms with Gasteiger partial charge in [0.1, 0.15) is 16.3 Å². The van der Waals surface area contributed by atoms with Crippen LogP contribution in [0, 0.1) is 10.1 Å². The van der Waals surface area contributed by atoms with Gasteiger partial charge in [0, 0.05) is 0 Å². The van der Waals surface area contributed by atoms with Gasteiger partial charge in [0.15, 0.2) is 5.52 Å². The lowest BCUT2D eigenvalue weighted by Crippen LogP contribution is -2.08. The first-order chi connectivity index (χ1) is 9.65. The highest BCUT2D eigenvalue weighted by Gasteiger charge is 2.18. The largest absolute Gasteiger partial charge is 0.465 e. The molecule has 3 heterocycles. The van der Waals surface area contributed by atoms with Gasteiger partial charge in [-0.05, 0) is 24.3 Å². The van der Waals surface area contributed by atoms with Crippen LogP contribution in [-0.2, 0) is 0 Å². The smallest absolute Gasteiger partial charge is 0.306 e. The molecule has 0 saturated carbocycles. The minimum atomic E-state index is -0.550. The maximum absolute atomic E-state index is 11.8. The van der Waals surface area contributed by atoms with Crippen LogP contribution in [0.5, 0.6) is 0 Å². The van der Waals surface area contributed by atoms with Crippen molar-refractivity contribution >= 4 is 39.4 Å². The molecule has 0 unspecified atom stereocenters. The van der Waals surface area contributed by atoms with E-state index >= 15 is 0 Å². The van der Waals surface area contributed by atoms with Crippen LogP contribution in [0.1, 0.15) is 11.6 Å². The van der Waals surface area contributed by atoms with Gasteiger partial charge < -0.3 is 9.40 Å². The molecule has 0 aliphatic heterocycles. The first-order valence-electron chi connectivity index (χ1n) is 5.52. The molecule has 0 radical (unpaired) electrons. The van der Waals surface area contributed by atoms with Gasteiger partial charge in [-0.2, -0.15) is 0 Å². The quantitative estimate of drug-likeness (QED) is 0.590. The van der Waals surface area contributed by atoms with E-state index in [0.717, 1.165) is 11.3 Å². The average Bonchev–Trinajstić information content (AvgIpc) is 3.05. The van der Waals surface area contributed by atoms with E-state index in [9.17, 15) is 14.9 Å². The van der Waals surface area contributed by atoms with Gasteiger partial charge in [0.2, 0.25) is 0 Å². The first kappa shape index (κ1) is 12.3. The molecule has 3 aromatic rings. The Balaban J connectivity index is 2.11. The Bertz CT molecular complexity index is 861. The molecule has 0 bridgehead atoms. The molecule has 8 heteroatoms. The number of H-pyrrole nitrogens is 1. The number of thiophene rings is 1. The van der Waals surface area contributed by atoms with Gasteiger partial charge >= 0.3 is 5.69 Å². The van der Waals surface area contributed by atoms with Gasteiger partial charge in [-0.25, -0.2) is 4.98 Å². The number of hydrogen-bond donors (Lipinski definition) is 1. The van der Waals surface area contributed by atoms with Gasteiger partial charge in [-0.3, -0.25) is 14.9 Å². The fraction of sp³-hybridized carbons (Fsp3) is 0. The van der Waals surface area contributed by atoms with Crippen molar-refractivity contribution < 1.29 is 9.34 Å². The fourth-order valence-corrected chi connectivity index (χ4v) is 2.54. The van der Waals surface area contributed by atoms with E-state index in [1.165, 1.54) is 17.7 Å². The van der Waals surface area contributed by atoms with E-state index < -0.39 is 10.5 Å². The Morgan fingerprint density at radius 1 is 1.45 bits per heavy atom. The molecule has 20 heavy (non-hydrogen) atoms. The van der Waals surface area contributed by atoms with Gasteiger partial charge in [0.05, 0.1) is 16.6 Å². The van der Waals surface area contributed by atoms with E-state index in [2.05, 4.69) is 9.97 Å². The lowest BCUT2D eigenvalue weighted by molar-refractivity contribution is -0.382. The van der Waals surface area contributed by atoms with E-state index in [-0.39, 0.29) is 21.7 Å². The highest BCUT2D eigenvalue weighted by atomic mass is 32.1. The van der Waals surface area contributed by atoms with Crippen LogP contribution in [0.2, 0.25) is 0 Å². The topological polar surface area (TPSA) is 102 Å². The number of nitrogens with one attached hydrogen (secondary N) is 1. The van der Waals surface area contributed by atoms with Gasteiger partial charge in [-0.1, -0.05) is 0 Å². The standard InChI is InChI=1S/C12H7N3O4S/c16-12-11-10(8(6-20-11)15(17)18)13-9(14-12)4-3-7-2-1-5-19-7/h1-6H,(H,13,14,16)/b4-3+. The molecule has 0 atom stereocenters. The van der Waals surface area contributed by atoms with E-state index in [1.807, 2.05) is 0 Å². The monoisotopic (exact) mass is 289 g/mol. The molecular weight excluding hydrogens is 282 g/mol. The summed E-state index contributed by atoms with van der Waals surface area (Å²) in [7, 11) is 0. The van der Waals surface area contributed by atoms with Crippen LogP contribution in [0.15, 0.2) is 33.0 Å². The summed E-state index contributed by atoms with van der Waals surface area (Å²) in [5.41, 5.74) is -0.459. The lowest BCUT2D eigenvalue weighted by atomic mass is 10.3. The second kappa shape index (κ2) is 4.74. The number of hydrogen-bond acceptors (Lipinski definition) is 6. The van der Waals surface area contributed by atoms with E-state index in [1.54, 1.807) is 18.2 Å². The van der Waals surface area contributed by atoms with Gasteiger partial charge in [-0.15, -0.1) is 11.3 Å². The summed E-state index contributed by atoms with van der Waals surface area (Å²) in [6.07, 6.45) is 4.66. The predicted molar refractivity (Wildman–Crippen MR) is 74.5 cm³/mol. The maximum Gasteiger partial charge on any atom is 0.306 e. The normalized spacial score (nSPS) is 11.4. The van der Waals surface area contributed by atoms with Crippen molar-refractivity contribution in [2.75, 3.05) is 0 Å². The summed E-state index contributed by atoms with van der Waals surface area (Å²) in [5.74, 6) is 0.827. The zero-order chi connectivity index (χ0) is 14.1. The highest BCUT2D eigenvalue weighted by molar-refractivity contribution is 7.17. The van der Waals surface area contributed by atoms with Crippen LogP contribution in [0.25, 0.3) is 22.4 Å². The van der Waals surface area contributed by atoms with Crippen LogP contribution >= 0.6 is 11.3 Å². The Kier molecular flexibility index (Phi) is 2.92. The third-order valence-electron chi connectivity index (χ3n) is 2.57. The highest BCUT2D eigenvalue weighted by Crippen LogP contribution is 2.27. The van der Waals surface area contributed by atoms with Crippen molar-refractivity contribution in [3.63, 3.8) is 0 Å². The number of furan rings is 1. The molecule has 0 aliphatic rings. The Morgan fingerprint density at radius 2 is 2.30 bits per heavy atom. The third kappa shape index (κ3) is 2.12. The third-order valence-corrected chi connectivity index (χ3v) is 3.53. The maximum atomic E-state index is 11.8. The summed E-state index contributed by atoms with van der Waals surface area (Å²) >= 11 is 1.00. The molecule has 0 amide bonds. The molecule has 0 aliphatic carbocycles. The summed E-state index contributed by atoms with van der Waals surface area (Å²) in [4.78, 5) is 28.8. The van der Waals surface area contributed by atoms with Crippen molar-refractivity contribution in [2.24, 2.45) is 0 Å². The van der Waals surface area contributed by atoms with Crippen molar-refractivity contribution in [1.82, 2.24) is 9.97 Å². The molecule has 3 rings (SSSR count). The molecule has 0 saturated heterocycles. The molecule has 7 nitrogen and oxygen atoms in total. The Labute approximate surface area is 115 Å². The molecule has 0 fully saturated rings. The van der Waals surface area contributed by atoms with Crippen molar-refractivity contribution in [3.8, 4) is 0 Å². The zero-order valence-corrected chi connectivity index (χ0v) is 10.7. The number of nitro groups is 1. The second-order valence-electron chi connectivity index (χ2n) is 3.86. The average molecular weight is 289 g/mol. The van der Waals surface area contributed by atoms with Crippen molar-refractivity contribution in [3.05, 3.63) is 55.8 Å². The predicted octanol–water partition coefficient (Wildman–Crippen LogP) is 2.66. The lowest BCUT2D eigenvalue weighted by Gasteiger charge is -1.94. The molecule has 0 aromatic carbocycles. The van der Waals surface area contributed by atoms with Crippen LogP contribution < -0.4 is 5.56 Å². The Hall–Kier alpha value is -2.74. The van der Waals surface area contributed by atoms with Crippen molar-refractivity contribution in [1.29, 1.82) is 0 Å². The van der Waals surface area contributed by atoms with Crippen molar-refractivity contribution in [2.45, 2.75) is 0 Å². The first-order valence-corrected chi connectivity index (χ1v) is 6.40. The SMILES string of the molecule is O=c1[nH]c(/C=C/c2ccco2)nc2c([N+](=O)[O-])csc12. The molecule has 3 aromatic heterocycles. The minimum absolute atomic E-state index is 0.0999. The van der Waals surface area contributed by atoms with Crippen LogP contribution in [-0.4, -0.2) is 14.9 Å². The second-order valence-corrected chi connectivity index (χ2v) is 4.74. The molecule has 100 valence electrons. The Morgan fingerprint density at radius 3 is 3.00 bits per heavy atom. The van der Waals surface area contributed by atoms with Gasteiger partial charge in [0.25, 0.3) is 5.56 Å². The van der Waals surface area contributed by atoms with E-state index in [4.69, 9.17) is 4.42 Å². The number of aromatic amines is 1. The summed E-state index contributed by atoms with van der Waals surface area (Å²) < 4.78 is 5.35. The summed E-state index contributed by atoms with van der Waals surface area (Å²) in [6.45, 7) is 0. The number of nitrogens with zero attached hydrogens (tertiary/aromatic N) is 2. The van der Waals surface area contributed by atoms with Crippen LogP contribution in [0.4, 0.5) is 5.69 Å². The summed E-state index contributed by atoms with van der Waals surface area (Å²) in [6, 6.07) is 3.46. The molecular formula is C12H7N3O4S. The summed E-state index contributed by atoms with van der Waals surface area (Å²) in [5, 5.41) is 12.2.